The van der Waals surface area contributed by atoms with Gasteiger partial charge in [-0.15, -0.1) is 0 Å². The van der Waals surface area contributed by atoms with Gasteiger partial charge in [-0.2, -0.15) is 4.57 Å². The largest absolute Gasteiger partial charge is 0.296 e. The molecule has 0 radical (unpaired) electrons. The van der Waals surface area contributed by atoms with Crippen LogP contribution in [-0.2, 0) is 9.59 Å². The summed E-state index contributed by atoms with van der Waals surface area (Å²) in [7, 11) is 0. The molecule has 1 saturated heterocycles. The number of hydrogen-bond acceptors (Lipinski definition) is 4. The summed E-state index contributed by atoms with van der Waals surface area (Å²) in [4.78, 5) is 29.0. The number of amides is 2. The molecule has 1 fully saturated rings. The molecular formula is C22H17N4O2+. The van der Waals surface area contributed by atoms with Crippen LogP contribution in [-0.4, -0.2) is 22.7 Å². The first kappa shape index (κ1) is 17.5. The number of hydrogen-bond donors (Lipinski definition) is 2. The van der Waals surface area contributed by atoms with Crippen molar-refractivity contribution in [2.24, 2.45) is 0 Å². The van der Waals surface area contributed by atoms with Crippen molar-refractivity contribution in [2.45, 2.75) is 12.0 Å². The van der Waals surface area contributed by atoms with Gasteiger partial charge < -0.3 is 0 Å². The van der Waals surface area contributed by atoms with Crippen LogP contribution in [0.2, 0.25) is 0 Å². The van der Waals surface area contributed by atoms with E-state index in [1.54, 1.807) is 17.0 Å². The van der Waals surface area contributed by atoms with E-state index in [0.29, 0.717) is 0 Å². The van der Waals surface area contributed by atoms with Crippen LogP contribution >= 0.6 is 0 Å². The molecule has 0 spiro atoms. The zero-order valence-corrected chi connectivity index (χ0v) is 14.9. The summed E-state index contributed by atoms with van der Waals surface area (Å²) in [5.74, 6) is 0.682. The van der Waals surface area contributed by atoms with Crippen LogP contribution in [0.5, 0.6) is 0 Å². The molecule has 28 heavy (non-hydrogen) atoms. The van der Waals surface area contributed by atoms with E-state index >= 15 is 0 Å². The number of rotatable bonds is 3. The Labute approximate surface area is 161 Å². The lowest BCUT2D eigenvalue weighted by Crippen LogP contribution is -2.57. The molecule has 0 saturated carbocycles. The fraction of sp³-hybridized carbons (Fsp3) is 0.0909. The zero-order chi connectivity index (χ0) is 19.5. The normalized spacial score (nSPS) is 19.1. The van der Waals surface area contributed by atoms with Gasteiger partial charge in [0, 0.05) is 24.5 Å². The standard InChI is InChI=1S/C22H16N4O2/c23-14-18-19(17-4-2-1-3-5-17)20(22(28)25-21(18)27)26-12-8-16(9-13-26)15-6-10-24-11-7-15/h1-13,19-20,23H/p+1/t19-,20+/m0/s1. The van der Waals surface area contributed by atoms with Gasteiger partial charge in [-0.25, -0.2) is 0 Å². The summed E-state index contributed by atoms with van der Waals surface area (Å²) in [6.07, 6.45) is 7.08. The van der Waals surface area contributed by atoms with Crippen LogP contribution in [0.3, 0.4) is 0 Å². The second kappa shape index (κ2) is 7.39. The number of pyridine rings is 2. The van der Waals surface area contributed by atoms with Gasteiger partial charge in [0.25, 0.3) is 11.8 Å². The van der Waals surface area contributed by atoms with Crippen LogP contribution in [0.1, 0.15) is 17.5 Å². The van der Waals surface area contributed by atoms with Crippen LogP contribution in [0.15, 0.2) is 85.0 Å². The lowest BCUT2D eigenvalue weighted by atomic mass is 9.81. The van der Waals surface area contributed by atoms with E-state index in [1.165, 1.54) is 0 Å². The molecule has 1 aliphatic heterocycles. The van der Waals surface area contributed by atoms with Crippen molar-refractivity contribution in [3.05, 3.63) is 90.5 Å². The molecule has 6 nitrogen and oxygen atoms in total. The van der Waals surface area contributed by atoms with Crippen molar-refractivity contribution in [1.82, 2.24) is 10.3 Å². The van der Waals surface area contributed by atoms with Crippen molar-refractivity contribution in [2.75, 3.05) is 0 Å². The van der Waals surface area contributed by atoms with Gasteiger partial charge in [0.15, 0.2) is 12.4 Å². The number of benzene rings is 1. The Bertz CT molecular complexity index is 1070. The van der Waals surface area contributed by atoms with Crippen LogP contribution in [0.25, 0.3) is 11.1 Å². The topological polar surface area (TPSA) is 86.8 Å². The number of carbonyl (C=O) groups excluding carboxylic acids is 2. The maximum Gasteiger partial charge on any atom is 0.296 e. The van der Waals surface area contributed by atoms with Gasteiger partial charge in [0.05, 0.1) is 11.5 Å². The molecule has 1 aromatic carbocycles. The summed E-state index contributed by atoms with van der Waals surface area (Å²) in [6, 6.07) is 16.2. The first-order valence-electron chi connectivity index (χ1n) is 8.80. The number of carbonyl (C=O) groups is 2. The molecule has 6 heteroatoms. The predicted octanol–water partition coefficient (Wildman–Crippen LogP) is 2.19. The smallest absolute Gasteiger partial charge is 0.286 e. The van der Waals surface area contributed by atoms with Crippen LogP contribution in [0.4, 0.5) is 0 Å². The van der Waals surface area contributed by atoms with E-state index in [4.69, 9.17) is 5.41 Å². The third-order valence-corrected chi connectivity index (χ3v) is 4.86. The van der Waals surface area contributed by atoms with E-state index in [1.807, 2.05) is 67.0 Å². The van der Waals surface area contributed by atoms with Crippen LogP contribution in [0, 0.1) is 5.41 Å². The summed E-state index contributed by atoms with van der Waals surface area (Å²) < 4.78 is 1.77. The predicted molar refractivity (Wildman–Crippen MR) is 102 cm³/mol. The highest BCUT2D eigenvalue weighted by Crippen LogP contribution is 2.34. The second-order valence-electron chi connectivity index (χ2n) is 6.46. The van der Waals surface area contributed by atoms with Gasteiger partial charge in [0.2, 0.25) is 6.04 Å². The van der Waals surface area contributed by atoms with E-state index in [-0.39, 0.29) is 5.57 Å². The molecule has 2 amide bonds. The van der Waals surface area contributed by atoms with Gasteiger partial charge in [-0.1, -0.05) is 30.3 Å². The molecule has 3 aromatic rings. The Morgan fingerprint density at radius 2 is 1.57 bits per heavy atom. The molecule has 2 aromatic heterocycles. The monoisotopic (exact) mass is 369 g/mol. The highest BCUT2D eigenvalue weighted by molar-refractivity contribution is 6.13. The number of nitrogens with zero attached hydrogens (tertiary/aromatic N) is 2. The van der Waals surface area contributed by atoms with E-state index in [0.717, 1.165) is 16.7 Å². The minimum Gasteiger partial charge on any atom is -0.286 e. The number of imide groups is 1. The molecule has 2 N–H and O–H groups in total. The Morgan fingerprint density at radius 1 is 0.929 bits per heavy atom. The van der Waals surface area contributed by atoms with Gasteiger partial charge >= 0.3 is 0 Å². The summed E-state index contributed by atoms with van der Waals surface area (Å²) in [6.45, 7) is 0. The van der Waals surface area contributed by atoms with Gasteiger partial charge in [-0.3, -0.25) is 25.3 Å². The lowest BCUT2D eigenvalue weighted by molar-refractivity contribution is -0.711. The van der Waals surface area contributed by atoms with Gasteiger partial charge in [0.1, 0.15) is 0 Å². The van der Waals surface area contributed by atoms with E-state index in [2.05, 4.69) is 16.2 Å². The Hall–Kier alpha value is -3.89. The molecule has 1 aliphatic rings. The molecule has 136 valence electrons. The summed E-state index contributed by atoms with van der Waals surface area (Å²) in [5, 5.41) is 9.95. The quantitative estimate of drug-likeness (QED) is 0.321. The summed E-state index contributed by atoms with van der Waals surface area (Å²) >= 11 is 0. The molecule has 0 unspecified atom stereocenters. The Balaban J connectivity index is 1.78. The SMILES string of the molecule is N=C=C1C(=O)NC(=O)[C@H]([n+]2ccc(-c3ccncc3)cc2)[C@H]1c1ccccc1. The number of nitrogens with one attached hydrogen (secondary N) is 2. The fourth-order valence-corrected chi connectivity index (χ4v) is 3.52. The van der Waals surface area contributed by atoms with E-state index in [9.17, 15) is 9.59 Å². The summed E-state index contributed by atoms with van der Waals surface area (Å²) in [5.41, 5.74) is 2.94. The van der Waals surface area contributed by atoms with Crippen molar-refractivity contribution in [3.63, 3.8) is 0 Å². The Morgan fingerprint density at radius 3 is 2.21 bits per heavy atom. The molecule has 0 bridgehead atoms. The second-order valence-corrected chi connectivity index (χ2v) is 6.46. The molecule has 0 aliphatic carbocycles. The molecule has 4 rings (SSSR count). The minimum absolute atomic E-state index is 0.140. The van der Waals surface area contributed by atoms with Crippen molar-refractivity contribution in [1.29, 1.82) is 5.41 Å². The average molecular weight is 369 g/mol. The molecule has 3 heterocycles. The highest BCUT2D eigenvalue weighted by Gasteiger charge is 2.47. The Kier molecular flexibility index (Phi) is 4.62. The maximum atomic E-state index is 12.7. The highest BCUT2D eigenvalue weighted by atomic mass is 16.2. The molecule has 2 atom stereocenters. The average Bonchev–Trinajstić information content (AvgIpc) is 2.75. The lowest BCUT2D eigenvalue weighted by Gasteiger charge is -2.27. The minimum atomic E-state index is -0.695. The fourth-order valence-electron chi connectivity index (χ4n) is 3.52. The van der Waals surface area contributed by atoms with Gasteiger partial charge in [-0.05, 0) is 34.7 Å². The number of aromatic nitrogens is 2. The third kappa shape index (κ3) is 3.13. The third-order valence-electron chi connectivity index (χ3n) is 4.86. The van der Waals surface area contributed by atoms with Crippen molar-refractivity contribution >= 4 is 17.7 Å². The van der Waals surface area contributed by atoms with Crippen LogP contribution < -0.4 is 9.88 Å². The molecular weight excluding hydrogens is 352 g/mol. The maximum absolute atomic E-state index is 12.7. The van der Waals surface area contributed by atoms with Crippen molar-refractivity contribution < 1.29 is 14.2 Å². The first-order valence-corrected chi connectivity index (χ1v) is 8.80. The van der Waals surface area contributed by atoms with E-state index < -0.39 is 23.8 Å². The van der Waals surface area contributed by atoms with Crippen molar-refractivity contribution in [3.8, 4) is 11.1 Å². The first-order chi connectivity index (χ1) is 13.7. The number of piperidine rings is 1. The zero-order valence-electron chi connectivity index (χ0n) is 14.9.